The van der Waals surface area contributed by atoms with Crippen LogP contribution in [0.1, 0.15) is 30.0 Å². The van der Waals surface area contributed by atoms with E-state index in [0.717, 1.165) is 33.0 Å². The van der Waals surface area contributed by atoms with E-state index >= 15 is 0 Å². The first-order valence-electron chi connectivity index (χ1n) is 21.5. The van der Waals surface area contributed by atoms with Crippen LogP contribution in [0.15, 0.2) is 203 Å². The molecule has 0 fully saturated rings. The van der Waals surface area contributed by atoms with Gasteiger partial charge in [0.15, 0.2) is 0 Å². The van der Waals surface area contributed by atoms with Crippen LogP contribution in [0, 0.1) is 0 Å². The molecule has 1 aliphatic heterocycles. The van der Waals surface area contributed by atoms with Crippen molar-refractivity contribution in [2.24, 2.45) is 15.7 Å². The summed E-state index contributed by atoms with van der Waals surface area (Å²) in [5.41, 5.74) is 16.4. The molecule has 3 atom stereocenters. The topological polar surface area (TPSA) is 60.6 Å². The minimum Gasteiger partial charge on any atom is -0.369 e. The molecule has 0 saturated carbocycles. The molecule has 0 saturated heterocycles. The summed E-state index contributed by atoms with van der Waals surface area (Å²) in [6.45, 7) is 2.15. The van der Waals surface area contributed by atoms with Crippen LogP contribution in [-0.4, -0.2) is 26.3 Å². The molecule has 300 valence electrons. The molecular formula is C56H39N5S2. The zero-order chi connectivity index (χ0) is 41.8. The SMILES string of the molecule is CC(N=C(/N=C(\N)n1c2ccccc2c2c3sc4ccccc4c3ccc21)n1c2ccccc2c2c3c(ccc21)C1C=CC=CC1S3)c1ccc(-c2cccc3ccccc23)cc1. The number of aliphatic imine (C=N–C) groups is 2. The molecule has 3 unspecified atom stereocenters. The quantitative estimate of drug-likeness (QED) is 0.142. The van der Waals surface area contributed by atoms with Crippen molar-refractivity contribution in [3.63, 3.8) is 0 Å². The highest BCUT2D eigenvalue weighted by Gasteiger charge is 2.34. The summed E-state index contributed by atoms with van der Waals surface area (Å²) in [6.07, 6.45) is 9.05. The summed E-state index contributed by atoms with van der Waals surface area (Å²) in [7, 11) is 0. The Bertz CT molecular complexity index is 3820. The molecule has 3 aromatic heterocycles. The fraction of sp³-hybridized carbons (Fsp3) is 0.0714. The molecule has 11 aromatic rings. The number of fused-ring (bicyclic) bond motifs is 15. The Morgan fingerprint density at radius 1 is 0.587 bits per heavy atom. The van der Waals surface area contributed by atoms with Gasteiger partial charge in [-0.3, -0.25) is 9.13 Å². The van der Waals surface area contributed by atoms with Crippen molar-refractivity contribution in [2.45, 2.75) is 29.0 Å². The van der Waals surface area contributed by atoms with E-state index in [1.165, 1.54) is 68.7 Å². The molecule has 2 N–H and O–H groups in total. The Kier molecular flexibility index (Phi) is 8.20. The molecule has 2 aliphatic rings. The second-order valence-electron chi connectivity index (χ2n) is 16.6. The number of thioether (sulfide) groups is 1. The standard InChI is InChI=1S/C56H39N5S2/c1-33(34-25-27-36(28-26-34)38-20-12-14-35-13-2-3-15-37(35)38)58-56(61-46-22-9-5-19-44(46)52-48(61)32-30-42-40-17-7-11-24-50(40)63-54(42)52)59-55(57)60-45-21-8-4-18-43(45)51-47(60)31-29-41-39-16-6-10-23-49(39)62-53(41)51/h2-33,40,50H,1H3,(H2,57,58,59). The van der Waals surface area contributed by atoms with E-state index in [0.29, 0.717) is 23.1 Å². The lowest BCUT2D eigenvalue weighted by molar-refractivity contribution is 0.810. The van der Waals surface area contributed by atoms with Gasteiger partial charge in [0.1, 0.15) is 0 Å². The highest BCUT2D eigenvalue weighted by atomic mass is 32.2. The normalized spacial score (nSPS) is 17.0. The van der Waals surface area contributed by atoms with E-state index in [4.69, 9.17) is 15.7 Å². The molecule has 0 amide bonds. The number of aromatic nitrogens is 2. The van der Waals surface area contributed by atoms with Gasteiger partial charge in [0, 0.05) is 57.8 Å². The van der Waals surface area contributed by atoms with E-state index in [2.05, 4.69) is 204 Å². The van der Waals surface area contributed by atoms with Crippen LogP contribution in [0.2, 0.25) is 0 Å². The van der Waals surface area contributed by atoms with Crippen LogP contribution >= 0.6 is 23.1 Å². The summed E-state index contributed by atoms with van der Waals surface area (Å²) >= 11 is 3.80. The molecule has 4 heterocycles. The van der Waals surface area contributed by atoms with E-state index < -0.39 is 0 Å². The van der Waals surface area contributed by atoms with Crippen molar-refractivity contribution < 1.29 is 0 Å². The number of rotatable bonds is 3. The van der Waals surface area contributed by atoms with E-state index in [-0.39, 0.29) is 6.04 Å². The average Bonchev–Trinajstić information content (AvgIpc) is 4.09. The molecule has 8 aromatic carbocycles. The first kappa shape index (κ1) is 36.5. The Morgan fingerprint density at radius 2 is 1.25 bits per heavy atom. The van der Waals surface area contributed by atoms with E-state index in [1.807, 2.05) is 23.1 Å². The third kappa shape index (κ3) is 5.56. The predicted molar refractivity (Wildman–Crippen MR) is 270 cm³/mol. The first-order chi connectivity index (χ1) is 31.1. The van der Waals surface area contributed by atoms with Gasteiger partial charge in [-0.25, -0.2) is 4.99 Å². The van der Waals surface area contributed by atoms with Gasteiger partial charge in [-0.1, -0.05) is 158 Å². The number of hydrogen-bond acceptors (Lipinski definition) is 3. The molecule has 1 aliphatic carbocycles. The van der Waals surface area contributed by atoms with Crippen LogP contribution in [-0.2, 0) is 0 Å². The van der Waals surface area contributed by atoms with Gasteiger partial charge < -0.3 is 5.73 Å². The summed E-state index contributed by atoms with van der Waals surface area (Å²) in [6, 6.07) is 58.6. The van der Waals surface area contributed by atoms with Crippen molar-refractivity contribution in [2.75, 3.05) is 0 Å². The monoisotopic (exact) mass is 845 g/mol. The third-order valence-electron chi connectivity index (χ3n) is 13.1. The molecular weight excluding hydrogens is 807 g/mol. The lowest BCUT2D eigenvalue weighted by atomic mass is 9.91. The fourth-order valence-electron chi connectivity index (χ4n) is 10.2. The van der Waals surface area contributed by atoms with Crippen molar-refractivity contribution in [1.82, 2.24) is 9.13 Å². The predicted octanol–water partition coefficient (Wildman–Crippen LogP) is 14.6. The van der Waals surface area contributed by atoms with Crippen molar-refractivity contribution in [3.05, 3.63) is 199 Å². The molecule has 0 bridgehead atoms. The molecule has 63 heavy (non-hydrogen) atoms. The van der Waals surface area contributed by atoms with Gasteiger partial charge in [-0.15, -0.1) is 23.1 Å². The minimum atomic E-state index is -0.243. The van der Waals surface area contributed by atoms with Crippen LogP contribution in [0.3, 0.4) is 0 Å². The number of nitrogens with two attached hydrogens (primary N) is 1. The number of thiophene rings is 1. The number of benzene rings is 8. The van der Waals surface area contributed by atoms with Crippen molar-refractivity contribution in [3.8, 4) is 11.1 Å². The van der Waals surface area contributed by atoms with E-state index in [1.54, 1.807) is 0 Å². The Balaban J connectivity index is 1.02. The smallest absolute Gasteiger partial charge is 0.233 e. The zero-order valence-electron chi connectivity index (χ0n) is 34.3. The second-order valence-corrected chi connectivity index (χ2v) is 18.9. The summed E-state index contributed by atoms with van der Waals surface area (Å²) < 4.78 is 6.89. The largest absolute Gasteiger partial charge is 0.369 e. The van der Waals surface area contributed by atoms with Crippen molar-refractivity contribution in [1.29, 1.82) is 0 Å². The fourth-order valence-corrected chi connectivity index (χ4v) is 13.0. The van der Waals surface area contributed by atoms with Gasteiger partial charge in [0.25, 0.3) is 0 Å². The number of nitrogens with zero attached hydrogens (tertiary/aromatic N) is 4. The minimum absolute atomic E-state index is 0.243. The number of hydrogen-bond donors (Lipinski definition) is 1. The van der Waals surface area contributed by atoms with Crippen LogP contribution in [0.4, 0.5) is 0 Å². The first-order valence-corrected chi connectivity index (χ1v) is 23.2. The summed E-state index contributed by atoms with van der Waals surface area (Å²) in [5, 5.41) is 10.1. The average molecular weight is 846 g/mol. The highest BCUT2D eigenvalue weighted by molar-refractivity contribution is 8.00. The maximum absolute atomic E-state index is 7.40. The van der Waals surface area contributed by atoms with Gasteiger partial charge in [0.2, 0.25) is 11.9 Å². The van der Waals surface area contributed by atoms with Gasteiger partial charge in [-0.05, 0) is 70.3 Å². The Hall–Kier alpha value is -7.19. The molecule has 7 heteroatoms. The number of para-hydroxylation sites is 2. The third-order valence-corrected chi connectivity index (χ3v) is 15.7. The molecule has 13 rings (SSSR count). The van der Waals surface area contributed by atoms with Crippen LogP contribution in [0.25, 0.3) is 85.7 Å². The lowest BCUT2D eigenvalue weighted by Crippen LogP contribution is -2.25. The van der Waals surface area contributed by atoms with Gasteiger partial charge in [-0.2, -0.15) is 4.99 Å². The van der Waals surface area contributed by atoms with E-state index in [9.17, 15) is 0 Å². The molecule has 5 nitrogen and oxygen atoms in total. The van der Waals surface area contributed by atoms with Crippen LogP contribution in [0.5, 0.6) is 0 Å². The van der Waals surface area contributed by atoms with Gasteiger partial charge >= 0.3 is 0 Å². The Morgan fingerprint density at radius 3 is 2.10 bits per heavy atom. The summed E-state index contributed by atoms with van der Waals surface area (Å²) in [5.74, 6) is 1.25. The van der Waals surface area contributed by atoms with Crippen LogP contribution < -0.4 is 5.73 Å². The summed E-state index contributed by atoms with van der Waals surface area (Å²) in [4.78, 5) is 12.4. The highest BCUT2D eigenvalue weighted by Crippen LogP contribution is 2.52. The molecule has 0 radical (unpaired) electrons. The number of allylic oxidation sites excluding steroid dienone is 3. The lowest BCUT2D eigenvalue weighted by Gasteiger charge is -2.15. The maximum Gasteiger partial charge on any atom is 0.233 e. The Labute approximate surface area is 371 Å². The second kappa shape index (κ2) is 14.2. The zero-order valence-corrected chi connectivity index (χ0v) is 35.9. The van der Waals surface area contributed by atoms with Crippen molar-refractivity contribution >= 4 is 110 Å². The maximum atomic E-state index is 7.40. The molecule has 0 spiro atoms. The van der Waals surface area contributed by atoms with Gasteiger partial charge in [0.05, 0.1) is 28.1 Å².